The number of hydrogen-bond donors (Lipinski definition) is 0. The fourth-order valence-corrected chi connectivity index (χ4v) is 2.56. The summed E-state index contributed by atoms with van der Waals surface area (Å²) in [6, 6.07) is 7.67. The summed E-state index contributed by atoms with van der Waals surface area (Å²) in [5, 5.41) is 0. The molecule has 1 aromatic carbocycles. The van der Waals surface area contributed by atoms with Gasteiger partial charge in [-0.25, -0.2) is 0 Å². The topological polar surface area (TPSA) is 40.1 Å². The van der Waals surface area contributed by atoms with E-state index >= 15 is 0 Å². The van der Waals surface area contributed by atoms with Crippen LogP contribution in [0.4, 0.5) is 0 Å². The first-order valence-electron chi connectivity index (χ1n) is 3.63. The summed E-state index contributed by atoms with van der Waals surface area (Å²) < 4.78 is 22.0. The van der Waals surface area contributed by atoms with E-state index in [2.05, 4.69) is 15.9 Å². The van der Waals surface area contributed by atoms with Gasteiger partial charge in [-0.15, -0.1) is 0 Å². The Bertz CT molecular complexity index is 357. The monoisotopic (exact) mass is 499 g/mol. The summed E-state index contributed by atoms with van der Waals surface area (Å²) >= 11 is 5.15. The maximum Gasteiger partial charge on any atom is 0.138 e. The molecule has 0 aliphatic rings. The van der Waals surface area contributed by atoms with Crippen LogP contribution in [0.15, 0.2) is 28.7 Å². The molecule has 1 rings (SSSR count). The van der Waals surface area contributed by atoms with E-state index in [4.69, 9.17) is 0 Å². The number of halogens is 3. The van der Waals surface area contributed by atoms with E-state index in [0.29, 0.717) is 6.42 Å². The van der Waals surface area contributed by atoms with E-state index < -0.39 is 11.8 Å². The molecule has 0 aromatic heterocycles. The van der Waals surface area contributed by atoms with Gasteiger partial charge in [0.15, 0.2) is 0 Å². The van der Waals surface area contributed by atoms with Gasteiger partial charge in [0.1, 0.15) is 0.760 Å². The average Bonchev–Trinajstić information content (AvgIpc) is 2.02. The number of hydrogen-bond acceptors (Lipinski definition) is 2. The van der Waals surface area contributed by atoms with E-state index in [9.17, 15) is 8.76 Å². The molecule has 0 amide bonds. The predicted octanol–water partition coefficient (Wildman–Crippen LogP) is 3.39. The van der Waals surface area contributed by atoms with Gasteiger partial charge in [0, 0.05) is 10.9 Å². The molecular formula is C8H6BrI2O2S-. The Balaban J connectivity index is 2.83. The summed E-state index contributed by atoms with van der Waals surface area (Å²) in [5.41, 5.74) is 1.01. The number of alkyl halides is 2. The molecule has 1 atom stereocenters. The smallest absolute Gasteiger partial charge is 0.138 e. The van der Waals surface area contributed by atoms with Crippen molar-refractivity contribution >= 4 is 72.2 Å². The van der Waals surface area contributed by atoms with Crippen LogP contribution in [0, 0.1) is 0 Å². The molecular weight excluding hydrogens is 494 g/mol. The van der Waals surface area contributed by atoms with E-state index in [-0.39, 0.29) is 0 Å². The van der Waals surface area contributed by atoms with Crippen molar-refractivity contribution < 1.29 is 8.76 Å². The van der Waals surface area contributed by atoms with Crippen LogP contribution in [0.25, 0.3) is 0 Å². The quantitative estimate of drug-likeness (QED) is 0.363. The highest BCUT2D eigenvalue weighted by molar-refractivity contribution is 14.2. The normalized spacial score (nSPS) is 14.0. The molecule has 0 heterocycles. The van der Waals surface area contributed by atoms with E-state index in [1.54, 1.807) is 0 Å². The molecule has 78 valence electrons. The molecule has 0 radical (unpaired) electrons. The van der Waals surface area contributed by atoms with Crippen LogP contribution in [0.1, 0.15) is 5.56 Å². The molecule has 0 N–H and O–H groups in total. The second-order valence-corrected chi connectivity index (χ2v) is 12.0. The Morgan fingerprint density at radius 3 is 2.64 bits per heavy atom. The maximum atomic E-state index is 10.9. The maximum absolute atomic E-state index is 10.9. The summed E-state index contributed by atoms with van der Waals surface area (Å²) in [6.45, 7) is 0. The van der Waals surface area contributed by atoms with Crippen LogP contribution < -0.4 is 0 Å². The van der Waals surface area contributed by atoms with Crippen molar-refractivity contribution in [2.75, 3.05) is 0 Å². The first-order valence-corrected chi connectivity index (χ1v) is 7.66. The standard InChI is InChI=1S/C8H7BrI2O2S/c9-7-3-1-2-6(4-7)5-8(10,11)14(12)13/h1-4H,5H2,(H,12,13)/p-1. The molecule has 0 bridgehead atoms. The average molecular weight is 500 g/mol. The van der Waals surface area contributed by atoms with Gasteiger partial charge in [0.05, 0.1) is 0 Å². The van der Waals surface area contributed by atoms with Gasteiger partial charge >= 0.3 is 0 Å². The van der Waals surface area contributed by atoms with Crippen LogP contribution in [0.3, 0.4) is 0 Å². The molecule has 0 fully saturated rings. The lowest BCUT2D eigenvalue weighted by atomic mass is 10.2. The van der Waals surface area contributed by atoms with Crippen molar-refractivity contribution in [3.63, 3.8) is 0 Å². The molecule has 1 aromatic rings. The zero-order chi connectivity index (χ0) is 10.8. The molecule has 0 aliphatic carbocycles. The Labute approximate surface area is 121 Å². The van der Waals surface area contributed by atoms with Crippen LogP contribution in [0.5, 0.6) is 0 Å². The number of rotatable bonds is 3. The first-order chi connectivity index (χ1) is 6.42. The Hall–Kier alpha value is 1.27. The summed E-state index contributed by atoms with van der Waals surface area (Å²) in [5.74, 6) is 0. The van der Waals surface area contributed by atoms with Gasteiger partial charge in [-0.05, 0) is 28.8 Å². The molecule has 0 saturated carbocycles. The van der Waals surface area contributed by atoms with Gasteiger partial charge in [-0.1, -0.05) is 73.2 Å². The minimum absolute atomic E-state index is 0.504. The fraction of sp³-hybridized carbons (Fsp3) is 0.250. The van der Waals surface area contributed by atoms with Crippen molar-refractivity contribution in [1.82, 2.24) is 0 Å². The Kier molecular flexibility index (Phi) is 5.29. The summed E-state index contributed by atoms with van der Waals surface area (Å²) in [7, 11) is 0. The second kappa shape index (κ2) is 5.55. The van der Waals surface area contributed by atoms with Crippen molar-refractivity contribution in [2.24, 2.45) is 0 Å². The zero-order valence-corrected chi connectivity index (χ0v) is 13.6. The fourth-order valence-electron chi connectivity index (χ4n) is 0.943. The SMILES string of the molecule is O=S([O-])C(I)(I)Cc1cccc(Br)c1. The van der Waals surface area contributed by atoms with Crippen LogP contribution in [0.2, 0.25) is 0 Å². The van der Waals surface area contributed by atoms with Crippen molar-refractivity contribution in [1.29, 1.82) is 0 Å². The highest BCUT2D eigenvalue weighted by Gasteiger charge is 2.24. The van der Waals surface area contributed by atoms with Gasteiger partial charge < -0.3 is 4.55 Å². The molecule has 14 heavy (non-hydrogen) atoms. The van der Waals surface area contributed by atoms with E-state index in [1.165, 1.54) is 0 Å². The van der Waals surface area contributed by atoms with Gasteiger partial charge in [-0.2, -0.15) is 0 Å². The lowest BCUT2D eigenvalue weighted by Crippen LogP contribution is -2.21. The molecule has 6 heteroatoms. The molecule has 2 nitrogen and oxygen atoms in total. The van der Waals surface area contributed by atoms with Gasteiger partial charge in [0.2, 0.25) is 0 Å². The highest BCUT2D eigenvalue weighted by atomic mass is 127. The van der Waals surface area contributed by atoms with Crippen LogP contribution in [-0.2, 0) is 17.5 Å². The van der Waals surface area contributed by atoms with Crippen LogP contribution >= 0.6 is 61.1 Å². The molecule has 0 saturated heterocycles. The third kappa shape index (κ3) is 4.03. The highest BCUT2D eigenvalue weighted by Crippen LogP contribution is 2.34. The minimum Gasteiger partial charge on any atom is -0.771 e. The van der Waals surface area contributed by atoms with E-state index in [1.807, 2.05) is 69.4 Å². The number of benzene rings is 1. The Morgan fingerprint density at radius 2 is 2.14 bits per heavy atom. The largest absolute Gasteiger partial charge is 0.771 e. The van der Waals surface area contributed by atoms with Gasteiger partial charge in [-0.3, -0.25) is 4.21 Å². The van der Waals surface area contributed by atoms with Crippen LogP contribution in [-0.4, -0.2) is 9.52 Å². The van der Waals surface area contributed by atoms with Crippen molar-refractivity contribution in [3.8, 4) is 0 Å². The Morgan fingerprint density at radius 1 is 1.50 bits per heavy atom. The lowest BCUT2D eigenvalue weighted by Gasteiger charge is -2.23. The molecule has 0 aliphatic heterocycles. The van der Waals surface area contributed by atoms with E-state index in [0.717, 1.165) is 10.0 Å². The molecule has 0 spiro atoms. The minimum atomic E-state index is -2.07. The first kappa shape index (κ1) is 13.3. The predicted molar refractivity (Wildman–Crippen MR) is 77.5 cm³/mol. The third-order valence-electron chi connectivity index (χ3n) is 1.54. The van der Waals surface area contributed by atoms with Gasteiger partial charge in [0.25, 0.3) is 0 Å². The zero-order valence-electron chi connectivity index (χ0n) is 6.88. The molecule has 1 unspecified atom stereocenters. The van der Waals surface area contributed by atoms with Crippen molar-refractivity contribution in [2.45, 2.75) is 7.18 Å². The van der Waals surface area contributed by atoms with Crippen molar-refractivity contribution in [3.05, 3.63) is 34.3 Å². The lowest BCUT2D eigenvalue weighted by molar-refractivity contribution is 0.533. The summed E-state index contributed by atoms with van der Waals surface area (Å²) in [6.07, 6.45) is 0.504. The third-order valence-corrected chi connectivity index (χ3v) is 5.59. The second-order valence-electron chi connectivity index (χ2n) is 2.68. The summed E-state index contributed by atoms with van der Waals surface area (Å²) in [4.78, 5) is 0.